The molecule has 2 atom stereocenters. The van der Waals surface area contributed by atoms with Gasteiger partial charge in [-0.15, -0.1) is 0 Å². The summed E-state index contributed by atoms with van der Waals surface area (Å²) in [5, 5.41) is 0. The van der Waals surface area contributed by atoms with Crippen LogP contribution in [0, 0.1) is 0 Å². The normalized spacial score (nSPS) is 22.5. The Morgan fingerprint density at radius 3 is 1.50 bits per heavy atom. The highest BCUT2D eigenvalue weighted by molar-refractivity contribution is 5.85. The van der Waals surface area contributed by atoms with E-state index in [9.17, 15) is 0 Å². The van der Waals surface area contributed by atoms with Crippen LogP contribution in [0.25, 0.3) is 0 Å². The fourth-order valence-electron chi connectivity index (χ4n) is 3.03. The highest BCUT2D eigenvalue weighted by atomic mass is 16.5. The lowest BCUT2D eigenvalue weighted by molar-refractivity contribution is 0.303. The first kappa shape index (κ1) is 14.9. The quantitative estimate of drug-likeness (QED) is 0.832. The molecule has 2 heterocycles. The molecular weight excluding hydrogens is 300 g/mol. The molecule has 2 aliphatic rings. The Balaban J connectivity index is 1.34. The lowest BCUT2D eigenvalue weighted by atomic mass is 10.1. The lowest BCUT2D eigenvalue weighted by Crippen LogP contribution is -2.05. The predicted octanol–water partition coefficient (Wildman–Crippen LogP) is 4.11. The summed E-state index contributed by atoms with van der Waals surface area (Å²) in [4.78, 5) is 9.36. The van der Waals surface area contributed by atoms with Crippen molar-refractivity contribution in [3.63, 3.8) is 0 Å². The number of aliphatic imine (C=N–C) groups is 2. The fraction of sp³-hybridized carbons (Fsp3) is 0.300. The largest absolute Gasteiger partial charge is 0.478 e. The van der Waals surface area contributed by atoms with Crippen LogP contribution >= 0.6 is 0 Å². The van der Waals surface area contributed by atoms with Gasteiger partial charge in [0.15, 0.2) is 11.8 Å². The molecular formula is C20H20N2O2. The van der Waals surface area contributed by atoms with Crippen molar-refractivity contribution in [2.75, 3.05) is 13.2 Å². The summed E-state index contributed by atoms with van der Waals surface area (Å²) in [5.41, 5.74) is 2.40. The van der Waals surface area contributed by atoms with Gasteiger partial charge >= 0.3 is 0 Å². The second-order valence-corrected chi connectivity index (χ2v) is 6.02. The van der Waals surface area contributed by atoms with Crippen LogP contribution < -0.4 is 0 Å². The Labute approximate surface area is 141 Å². The van der Waals surface area contributed by atoms with Gasteiger partial charge in [-0.25, -0.2) is 9.98 Å². The van der Waals surface area contributed by atoms with Crippen LogP contribution in [0.2, 0.25) is 0 Å². The zero-order chi connectivity index (χ0) is 16.2. The van der Waals surface area contributed by atoms with E-state index >= 15 is 0 Å². The van der Waals surface area contributed by atoms with E-state index in [1.165, 1.54) is 11.1 Å². The summed E-state index contributed by atoms with van der Waals surface area (Å²) in [6.07, 6.45) is 1.48. The topological polar surface area (TPSA) is 43.2 Å². The monoisotopic (exact) mass is 320 g/mol. The van der Waals surface area contributed by atoms with Crippen LogP contribution in [-0.4, -0.2) is 25.0 Å². The SMILES string of the molecule is c1ccc([C@H]2COC(CCC3=N[C@@H](c4ccccc4)CO3)=N2)cc1. The van der Waals surface area contributed by atoms with E-state index in [-0.39, 0.29) is 12.1 Å². The number of rotatable bonds is 5. The van der Waals surface area contributed by atoms with Crippen LogP contribution in [-0.2, 0) is 9.47 Å². The van der Waals surface area contributed by atoms with E-state index in [0.717, 1.165) is 24.6 Å². The second-order valence-electron chi connectivity index (χ2n) is 6.02. The van der Waals surface area contributed by atoms with Crippen LogP contribution in [0.15, 0.2) is 70.6 Å². The summed E-state index contributed by atoms with van der Waals surface area (Å²) >= 11 is 0. The van der Waals surface area contributed by atoms with Gasteiger partial charge in [0.2, 0.25) is 0 Å². The first-order valence-corrected chi connectivity index (χ1v) is 8.37. The van der Waals surface area contributed by atoms with Crippen LogP contribution in [0.1, 0.15) is 36.1 Å². The van der Waals surface area contributed by atoms with E-state index in [2.05, 4.69) is 34.3 Å². The van der Waals surface area contributed by atoms with Crippen molar-refractivity contribution in [3.8, 4) is 0 Å². The molecule has 0 fully saturated rings. The molecule has 0 spiro atoms. The van der Waals surface area contributed by atoms with E-state index in [0.29, 0.717) is 13.2 Å². The summed E-state index contributed by atoms with van der Waals surface area (Å²) in [7, 11) is 0. The van der Waals surface area contributed by atoms with Crippen LogP contribution in [0.4, 0.5) is 0 Å². The van der Waals surface area contributed by atoms with Crippen molar-refractivity contribution in [2.45, 2.75) is 24.9 Å². The average molecular weight is 320 g/mol. The molecule has 0 aromatic heterocycles. The lowest BCUT2D eigenvalue weighted by Gasteiger charge is -2.03. The number of hydrogen-bond acceptors (Lipinski definition) is 4. The maximum absolute atomic E-state index is 5.73. The van der Waals surface area contributed by atoms with E-state index < -0.39 is 0 Å². The van der Waals surface area contributed by atoms with Gasteiger partial charge in [0.05, 0.1) is 0 Å². The standard InChI is InChI=1S/C20H20N2O2/c1-3-7-15(8-4-1)17-13-23-19(21-17)11-12-20-22-18(14-24-20)16-9-5-2-6-10-16/h1-10,17-18H,11-14H2/t17-,18-/m1/s1. The maximum atomic E-state index is 5.73. The van der Waals surface area contributed by atoms with Gasteiger partial charge in [-0.1, -0.05) is 60.7 Å². The predicted molar refractivity (Wildman–Crippen MR) is 94.4 cm³/mol. The number of nitrogens with zero attached hydrogens (tertiary/aromatic N) is 2. The number of hydrogen-bond donors (Lipinski definition) is 0. The van der Waals surface area contributed by atoms with Crippen molar-refractivity contribution < 1.29 is 9.47 Å². The third kappa shape index (κ3) is 3.32. The van der Waals surface area contributed by atoms with Gasteiger partial charge in [-0.2, -0.15) is 0 Å². The average Bonchev–Trinajstić information content (AvgIpc) is 3.31. The summed E-state index contributed by atoms with van der Waals surface area (Å²) in [5.74, 6) is 1.61. The summed E-state index contributed by atoms with van der Waals surface area (Å²) in [6, 6.07) is 20.8. The van der Waals surface area contributed by atoms with Crippen molar-refractivity contribution in [3.05, 3.63) is 71.8 Å². The second kappa shape index (κ2) is 6.87. The minimum Gasteiger partial charge on any atom is -0.478 e. The van der Waals surface area contributed by atoms with Gasteiger partial charge in [0.25, 0.3) is 0 Å². The van der Waals surface area contributed by atoms with E-state index in [1.54, 1.807) is 0 Å². The van der Waals surface area contributed by atoms with Crippen LogP contribution in [0.3, 0.4) is 0 Å². The minimum absolute atomic E-state index is 0.115. The highest BCUT2D eigenvalue weighted by Crippen LogP contribution is 2.26. The van der Waals surface area contributed by atoms with Crippen molar-refractivity contribution >= 4 is 11.8 Å². The Morgan fingerprint density at radius 1 is 0.667 bits per heavy atom. The molecule has 0 N–H and O–H groups in total. The molecule has 0 radical (unpaired) electrons. The molecule has 0 amide bonds. The molecule has 122 valence electrons. The Morgan fingerprint density at radius 2 is 1.08 bits per heavy atom. The Hall–Kier alpha value is -2.62. The highest BCUT2D eigenvalue weighted by Gasteiger charge is 2.23. The smallest absolute Gasteiger partial charge is 0.184 e. The van der Waals surface area contributed by atoms with Gasteiger partial charge in [0, 0.05) is 12.8 Å². The van der Waals surface area contributed by atoms with Crippen molar-refractivity contribution in [1.29, 1.82) is 0 Å². The summed E-state index contributed by atoms with van der Waals surface area (Å²) < 4.78 is 11.5. The van der Waals surface area contributed by atoms with Gasteiger partial charge in [0.1, 0.15) is 25.3 Å². The number of ether oxygens (including phenoxy) is 2. The first-order chi connectivity index (χ1) is 11.9. The first-order valence-electron chi connectivity index (χ1n) is 8.37. The van der Waals surface area contributed by atoms with Gasteiger partial charge < -0.3 is 9.47 Å². The van der Waals surface area contributed by atoms with E-state index in [4.69, 9.17) is 9.47 Å². The number of benzene rings is 2. The fourth-order valence-corrected chi connectivity index (χ4v) is 3.03. The van der Waals surface area contributed by atoms with Gasteiger partial charge in [-0.3, -0.25) is 0 Å². The molecule has 0 aliphatic carbocycles. The van der Waals surface area contributed by atoms with E-state index in [1.807, 2.05) is 36.4 Å². The molecule has 2 aromatic rings. The zero-order valence-electron chi connectivity index (χ0n) is 13.5. The molecule has 4 nitrogen and oxygen atoms in total. The minimum atomic E-state index is 0.115. The third-order valence-corrected chi connectivity index (χ3v) is 4.34. The molecule has 0 unspecified atom stereocenters. The molecule has 0 saturated carbocycles. The third-order valence-electron chi connectivity index (χ3n) is 4.34. The van der Waals surface area contributed by atoms with Crippen LogP contribution in [0.5, 0.6) is 0 Å². The molecule has 24 heavy (non-hydrogen) atoms. The Kier molecular flexibility index (Phi) is 4.28. The summed E-state index contributed by atoms with van der Waals surface area (Å²) in [6.45, 7) is 1.25. The Bertz CT molecular complexity index is 675. The van der Waals surface area contributed by atoms with Crippen molar-refractivity contribution in [1.82, 2.24) is 0 Å². The maximum Gasteiger partial charge on any atom is 0.184 e. The molecule has 2 aliphatic heterocycles. The molecule has 0 bridgehead atoms. The van der Waals surface area contributed by atoms with Crippen molar-refractivity contribution in [2.24, 2.45) is 9.98 Å². The molecule has 2 aromatic carbocycles. The zero-order valence-corrected chi connectivity index (χ0v) is 13.5. The molecule has 4 rings (SSSR count). The van der Waals surface area contributed by atoms with Gasteiger partial charge in [-0.05, 0) is 11.1 Å². The molecule has 4 heteroatoms. The molecule has 0 saturated heterocycles.